The van der Waals surface area contributed by atoms with Crippen LogP contribution < -0.4 is 10.6 Å². The molecule has 0 saturated carbocycles. The van der Waals surface area contributed by atoms with Crippen LogP contribution in [-0.4, -0.2) is 22.1 Å². The molecule has 2 amide bonds. The van der Waals surface area contributed by atoms with Gasteiger partial charge in [0.1, 0.15) is 0 Å². The molecule has 0 aliphatic rings. The second-order valence-corrected chi connectivity index (χ2v) is 6.35. The highest BCUT2D eigenvalue weighted by Gasteiger charge is 2.37. The molecule has 1 aromatic heterocycles. The predicted octanol–water partition coefficient (Wildman–Crippen LogP) is 4.84. The number of hydrogen-bond donors (Lipinski definition) is 2. The quantitative estimate of drug-likeness (QED) is 0.663. The summed E-state index contributed by atoms with van der Waals surface area (Å²) in [5.74, 6) is -0.989. The Morgan fingerprint density at radius 1 is 1.22 bits per heavy atom. The number of carbonyl (C=O) groups is 1. The molecule has 0 aliphatic heterocycles. The number of benzene rings is 2. The molecular weight excluding hydrogens is 381 g/mol. The molecule has 27 heavy (non-hydrogen) atoms. The lowest BCUT2D eigenvalue weighted by molar-refractivity contribution is -0.146. The lowest BCUT2D eigenvalue weighted by Crippen LogP contribution is -2.32. The Morgan fingerprint density at radius 3 is 2.70 bits per heavy atom. The molecule has 0 radical (unpaired) electrons. The van der Waals surface area contributed by atoms with Crippen LogP contribution in [0.3, 0.4) is 0 Å². The summed E-state index contributed by atoms with van der Waals surface area (Å²) in [7, 11) is 0. The van der Waals surface area contributed by atoms with Gasteiger partial charge >= 0.3 is 12.2 Å². The van der Waals surface area contributed by atoms with E-state index in [1.54, 1.807) is 43.3 Å². The number of fused-ring (bicyclic) bond motifs is 1. The van der Waals surface area contributed by atoms with E-state index >= 15 is 0 Å². The smallest absolute Gasteiger partial charge is 0.336 e. The van der Waals surface area contributed by atoms with Gasteiger partial charge in [-0.05, 0) is 36.8 Å². The molecule has 3 rings (SSSR count). The monoisotopic (exact) mass is 396 g/mol. The molecule has 142 valence electrons. The van der Waals surface area contributed by atoms with Gasteiger partial charge in [0.2, 0.25) is 5.82 Å². The summed E-state index contributed by atoms with van der Waals surface area (Å²) in [6.45, 7) is 1.73. The van der Waals surface area contributed by atoms with E-state index in [2.05, 4.69) is 15.6 Å². The molecule has 0 fully saturated rings. The molecule has 0 aliphatic carbocycles. The molecule has 1 heterocycles. The molecule has 2 N–H and O–H groups in total. The van der Waals surface area contributed by atoms with E-state index in [9.17, 15) is 18.0 Å². The Kier molecular flexibility index (Phi) is 5.27. The number of alkyl halides is 3. The maximum atomic E-state index is 13.2. The van der Waals surface area contributed by atoms with E-state index in [0.717, 1.165) is 10.1 Å². The average Bonchev–Trinajstić information content (AvgIpc) is 2.97. The third-order valence-electron chi connectivity index (χ3n) is 3.98. The van der Waals surface area contributed by atoms with Crippen LogP contribution in [0, 0.1) is 6.92 Å². The van der Waals surface area contributed by atoms with Crippen molar-refractivity contribution in [3.63, 3.8) is 0 Å². The fraction of sp³-hybridized carbons (Fsp3) is 0.222. The maximum Gasteiger partial charge on any atom is 0.449 e. The highest BCUT2D eigenvalue weighted by atomic mass is 35.5. The first-order valence-corrected chi connectivity index (χ1v) is 8.47. The average molecular weight is 397 g/mol. The number of urea groups is 1. The minimum atomic E-state index is -4.58. The summed E-state index contributed by atoms with van der Waals surface area (Å²) in [6.07, 6.45) is -4.58. The Bertz CT molecular complexity index is 984. The van der Waals surface area contributed by atoms with Crippen LogP contribution in [0.5, 0.6) is 0 Å². The number of para-hydroxylation sites is 2. The number of nitrogens with zero attached hydrogens (tertiary/aromatic N) is 2. The molecule has 9 heteroatoms. The first-order chi connectivity index (χ1) is 12.8. The first-order valence-electron chi connectivity index (χ1n) is 8.09. The zero-order valence-electron chi connectivity index (χ0n) is 14.3. The number of carbonyl (C=O) groups excluding carboxylic acids is 1. The summed E-state index contributed by atoms with van der Waals surface area (Å²) >= 11 is 5.90. The number of halogens is 4. The van der Waals surface area contributed by atoms with Crippen molar-refractivity contribution in [3.8, 4) is 0 Å². The Hall–Kier alpha value is -2.74. The molecule has 0 bridgehead atoms. The van der Waals surface area contributed by atoms with Crippen LogP contribution in [0.4, 0.5) is 23.7 Å². The number of nitrogens with one attached hydrogen (secondary N) is 2. The van der Waals surface area contributed by atoms with Crippen LogP contribution in [0.15, 0.2) is 42.5 Å². The van der Waals surface area contributed by atoms with Gasteiger partial charge in [0.05, 0.1) is 11.0 Å². The zero-order chi connectivity index (χ0) is 19.6. The van der Waals surface area contributed by atoms with Crippen LogP contribution >= 0.6 is 11.6 Å². The number of amides is 2. The molecule has 0 spiro atoms. The minimum absolute atomic E-state index is 0.00508. The Labute approximate surface area is 158 Å². The predicted molar refractivity (Wildman–Crippen MR) is 97.9 cm³/mol. The normalized spacial score (nSPS) is 11.6. The van der Waals surface area contributed by atoms with Crippen LogP contribution in [0.2, 0.25) is 5.02 Å². The lowest BCUT2D eigenvalue weighted by Gasteiger charge is -2.13. The van der Waals surface area contributed by atoms with Crippen molar-refractivity contribution in [1.29, 1.82) is 0 Å². The number of rotatable bonds is 4. The van der Waals surface area contributed by atoms with Crippen molar-refractivity contribution >= 4 is 34.4 Å². The van der Waals surface area contributed by atoms with Crippen LogP contribution in [0.25, 0.3) is 11.0 Å². The molecule has 5 nitrogen and oxygen atoms in total. The molecule has 3 aromatic rings. The standard InChI is InChI=1S/C18H16ClF3N4O/c1-11-6-7-12(19)10-14(11)25-17(27)23-8-9-26-15-5-3-2-4-13(15)24-16(26)18(20,21)22/h2-7,10H,8-9H2,1H3,(H2,23,25,27). The number of anilines is 1. The number of imidazole rings is 1. The van der Waals surface area contributed by atoms with E-state index in [0.29, 0.717) is 16.2 Å². The van der Waals surface area contributed by atoms with E-state index in [-0.39, 0.29) is 18.6 Å². The largest absolute Gasteiger partial charge is 0.449 e. The van der Waals surface area contributed by atoms with Crippen LogP contribution in [0.1, 0.15) is 11.4 Å². The molecule has 0 unspecified atom stereocenters. The minimum Gasteiger partial charge on any atom is -0.336 e. The van der Waals surface area contributed by atoms with Crippen molar-refractivity contribution < 1.29 is 18.0 Å². The van der Waals surface area contributed by atoms with Crippen molar-refractivity contribution in [1.82, 2.24) is 14.9 Å². The van der Waals surface area contributed by atoms with Gasteiger partial charge in [-0.2, -0.15) is 13.2 Å². The topological polar surface area (TPSA) is 59.0 Å². The highest BCUT2D eigenvalue weighted by molar-refractivity contribution is 6.31. The molecule has 2 aromatic carbocycles. The third-order valence-corrected chi connectivity index (χ3v) is 4.21. The van der Waals surface area contributed by atoms with Gasteiger partial charge in [-0.15, -0.1) is 0 Å². The van der Waals surface area contributed by atoms with Gasteiger partial charge in [0, 0.05) is 23.8 Å². The second kappa shape index (κ2) is 7.48. The third kappa shape index (κ3) is 4.33. The molecular formula is C18H16ClF3N4O. The summed E-state index contributed by atoms with van der Waals surface area (Å²) < 4.78 is 40.8. The van der Waals surface area contributed by atoms with E-state index in [1.165, 1.54) is 6.07 Å². The van der Waals surface area contributed by atoms with Gasteiger partial charge in [0.25, 0.3) is 0 Å². The molecule has 0 saturated heterocycles. The SMILES string of the molecule is Cc1ccc(Cl)cc1NC(=O)NCCn1c(C(F)(F)F)nc2ccccc21. The molecule has 0 atom stereocenters. The van der Waals surface area contributed by atoms with Gasteiger partial charge < -0.3 is 15.2 Å². The second-order valence-electron chi connectivity index (χ2n) is 5.91. The summed E-state index contributed by atoms with van der Waals surface area (Å²) in [4.78, 5) is 15.7. The van der Waals surface area contributed by atoms with E-state index in [1.807, 2.05) is 0 Å². The Balaban J connectivity index is 1.70. The van der Waals surface area contributed by atoms with E-state index < -0.39 is 18.0 Å². The van der Waals surface area contributed by atoms with Crippen molar-refractivity contribution in [2.24, 2.45) is 0 Å². The zero-order valence-corrected chi connectivity index (χ0v) is 15.0. The van der Waals surface area contributed by atoms with Crippen molar-refractivity contribution in [3.05, 3.63) is 58.9 Å². The number of aryl methyl sites for hydroxylation is 1. The summed E-state index contributed by atoms with van der Waals surface area (Å²) in [5.41, 5.74) is 1.96. The fourth-order valence-corrected chi connectivity index (χ4v) is 2.87. The first kappa shape index (κ1) is 19.0. The Morgan fingerprint density at radius 2 is 1.96 bits per heavy atom. The fourth-order valence-electron chi connectivity index (χ4n) is 2.69. The number of hydrogen-bond acceptors (Lipinski definition) is 2. The van der Waals surface area contributed by atoms with Crippen LogP contribution in [-0.2, 0) is 12.7 Å². The van der Waals surface area contributed by atoms with E-state index in [4.69, 9.17) is 11.6 Å². The van der Waals surface area contributed by atoms with Crippen molar-refractivity contribution in [2.75, 3.05) is 11.9 Å². The van der Waals surface area contributed by atoms with Gasteiger partial charge in [-0.1, -0.05) is 29.8 Å². The summed E-state index contributed by atoms with van der Waals surface area (Å²) in [5, 5.41) is 5.65. The van der Waals surface area contributed by atoms with Gasteiger partial charge in [0.15, 0.2) is 0 Å². The highest BCUT2D eigenvalue weighted by Crippen LogP contribution is 2.31. The van der Waals surface area contributed by atoms with Gasteiger partial charge in [-0.25, -0.2) is 9.78 Å². The van der Waals surface area contributed by atoms with Gasteiger partial charge in [-0.3, -0.25) is 0 Å². The number of aromatic nitrogens is 2. The lowest BCUT2D eigenvalue weighted by atomic mass is 10.2. The maximum absolute atomic E-state index is 13.2. The van der Waals surface area contributed by atoms with Crippen molar-refractivity contribution in [2.45, 2.75) is 19.6 Å². The summed E-state index contributed by atoms with van der Waals surface area (Å²) in [6, 6.07) is 10.9.